The number of hydrogen-bond acceptors (Lipinski definition) is 16. The number of anilines is 2. The van der Waals surface area contributed by atoms with Crippen LogP contribution in [-0.4, -0.2) is 117 Å². The van der Waals surface area contributed by atoms with Gasteiger partial charge in [0.05, 0.1) is 74.4 Å². The van der Waals surface area contributed by atoms with Crippen molar-refractivity contribution in [1.82, 2.24) is 39.6 Å². The number of aldehydes is 1. The van der Waals surface area contributed by atoms with Crippen LogP contribution in [0.2, 0.25) is 0 Å². The number of carbonyl (C=O) groups is 1. The van der Waals surface area contributed by atoms with Gasteiger partial charge in [0, 0.05) is 60.9 Å². The summed E-state index contributed by atoms with van der Waals surface area (Å²) in [5, 5.41) is 29.1. The van der Waals surface area contributed by atoms with E-state index in [1.165, 1.54) is 16.3 Å². The van der Waals surface area contributed by atoms with Crippen LogP contribution >= 0.6 is 22.7 Å². The molecule has 0 bridgehead atoms. The van der Waals surface area contributed by atoms with Crippen LogP contribution < -0.4 is 43.4 Å². The van der Waals surface area contributed by atoms with Gasteiger partial charge in [0.25, 0.3) is 0 Å². The Balaban J connectivity index is 0.000000189. The molecule has 67 heavy (non-hydrogen) atoms. The predicted molar refractivity (Wildman–Crippen MR) is 267 cm³/mol. The Morgan fingerprint density at radius 2 is 1.10 bits per heavy atom. The summed E-state index contributed by atoms with van der Waals surface area (Å²) in [7, 11) is 17.5. The SMILES string of the molecule is CN(C)c1ccc(C=O)s1.COc1ccc(-c2nnc3/c(=C\c4ccc(N(C)C)s4)c(C(C)(C)C)nn23)c(OC)c1OC.COc1ccc(-c2nnc3cc(C(C)(C)C)[nH]n23)c(OC)c1OC. The molecule has 0 aliphatic carbocycles. The molecule has 0 atom stereocenters. The molecule has 1 N–H and O–H groups in total. The molecule has 6 heterocycles. The molecule has 356 valence electrons. The summed E-state index contributed by atoms with van der Waals surface area (Å²) in [6.45, 7) is 12.9. The molecule has 0 saturated carbocycles. The maximum atomic E-state index is 10.2. The molecule has 8 rings (SSSR count). The van der Waals surface area contributed by atoms with Crippen LogP contribution in [0.3, 0.4) is 0 Å². The Labute approximate surface area is 398 Å². The van der Waals surface area contributed by atoms with Crippen LogP contribution in [0.1, 0.15) is 67.5 Å². The van der Waals surface area contributed by atoms with Crippen molar-refractivity contribution in [1.29, 1.82) is 0 Å². The number of ether oxygens (including phenoxy) is 6. The molecular formula is C48H60N10O7S2. The Morgan fingerprint density at radius 3 is 1.55 bits per heavy atom. The van der Waals surface area contributed by atoms with Gasteiger partial charge >= 0.3 is 0 Å². The van der Waals surface area contributed by atoms with Crippen molar-refractivity contribution in [3.63, 3.8) is 0 Å². The largest absolute Gasteiger partial charge is 0.493 e. The van der Waals surface area contributed by atoms with E-state index in [2.05, 4.69) is 90.1 Å². The molecule has 0 aliphatic heterocycles. The number of fused-ring (bicyclic) bond motifs is 2. The zero-order chi connectivity index (χ0) is 49.0. The molecule has 0 unspecified atom stereocenters. The van der Waals surface area contributed by atoms with Gasteiger partial charge in [-0.25, -0.2) is 4.52 Å². The van der Waals surface area contributed by atoms with Crippen LogP contribution in [0.4, 0.5) is 10.0 Å². The molecule has 0 fully saturated rings. The fourth-order valence-corrected chi connectivity index (χ4v) is 8.62. The summed E-state index contributed by atoms with van der Waals surface area (Å²) in [5.74, 6) is 4.50. The lowest BCUT2D eigenvalue weighted by molar-refractivity contribution is 0.112. The quantitative estimate of drug-likeness (QED) is 0.116. The van der Waals surface area contributed by atoms with Gasteiger partial charge < -0.3 is 38.2 Å². The van der Waals surface area contributed by atoms with Crippen molar-refractivity contribution in [2.45, 2.75) is 52.4 Å². The minimum atomic E-state index is -0.187. The standard InChI is InChI=1S/C24H29N5O3S.C17H22N4O3.C7H9NOS/c1-24(2,3)21-16(13-14-9-12-18(33-14)28(4)5)23-26-25-22(29(23)27-21)15-10-11-17(30-6)20(32-8)19(15)31-7;1-17(2,3)12-9-13-18-19-16(21(13)20-12)10-7-8-11(22-4)15(24-6)14(10)23-5;1-8(2)7-4-3-6(5-9)10-7/h9-13H,1-8H3;7-9,20H,1-6H3;3-5H,1-2H3/b16-13-;;. The van der Waals surface area contributed by atoms with Crippen molar-refractivity contribution >= 4 is 56.3 Å². The number of H-pyrrole nitrogens is 1. The van der Waals surface area contributed by atoms with Crippen LogP contribution in [0, 0.1) is 0 Å². The van der Waals surface area contributed by atoms with Gasteiger partial charge in [-0.1, -0.05) is 41.5 Å². The lowest BCUT2D eigenvalue weighted by Gasteiger charge is -2.16. The smallest absolute Gasteiger partial charge is 0.204 e. The highest BCUT2D eigenvalue weighted by atomic mass is 32.1. The van der Waals surface area contributed by atoms with E-state index in [1.54, 1.807) is 58.5 Å². The number of aromatic amines is 1. The molecule has 0 amide bonds. The lowest BCUT2D eigenvalue weighted by Crippen LogP contribution is -2.22. The maximum absolute atomic E-state index is 10.2. The van der Waals surface area contributed by atoms with Crippen LogP contribution in [0.25, 0.3) is 40.1 Å². The van der Waals surface area contributed by atoms with Gasteiger partial charge in [-0.15, -0.1) is 43.1 Å². The molecular weight excluding hydrogens is 893 g/mol. The first-order valence-electron chi connectivity index (χ1n) is 21.1. The number of hydrogen-bond donors (Lipinski definition) is 1. The average Bonchev–Trinajstić information content (AvgIpc) is 4.16. The summed E-state index contributed by atoms with van der Waals surface area (Å²) in [6, 6.07) is 17.4. The van der Waals surface area contributed by atoms with Crippen LogP contribution in [-0.2, 0) is 10.8 Å². The van der Waals surface area contributed by atoms with E-state index >= 15 is 0 Å². The van der Waals surface area contributed by atoms with Crippen molar-refractivity contribution < 1.29 is 33.2 Å². The lowest BCUT2D eigenvalue weighted by atomic mass is 9.91. The summed E-state index contributed by atoms with van der Waals surface area (Å²) < 4.78 is 36.6. The maximum Gasteiger partial charge on any atom is 0.204 e. The molecule has 8 aromatic rings. The molecule has 2 aromatic carbocycles. The van der Waals surface area contributed by atoms with Gasteiger partial charge in [0.2, 0.25) is 11.5 Å². The highest BCUT2D eigenvalue weighted by Crippen LogP contribution is 2.45. The second kappa shape index (κ2) is 20.3. The molecule has 17 nitrogen and oxygen atoms in total. The summed E-state index contributed by atoms with van der Waals surface area (Å²) in [4.78, 5) is 16.2. The Morgan fingerprint density at radius 1 is 0.597 bits per heavy atom. The van der Waals surface area contributed by atoms with Crippen LogP contribution in [0.5, 0.6) is 34.5 Å². The van der Waals surface area contributed by atoms with E-state index in [0.29, 0.717) is 51.8 Å². The third-order valence-corrected chi connectivity index (χ3v) is 12.8. The van der Waals surface area contributed by atoms with E-state index < -0.39 is 0 Å². The first kappa shape index (κ1) is 49.6. The molecule has 6 aromatic heterocycles. The van der Waals surface area contributed by atoms with Gasteiger partial charge in [-0.2, -0.15) is 9.61 Å². The van der Waals surface area contributed by atoms with Crippen LogP contribution in [0.15, 0.2) is 54.6 Å². The van der Waals surface area contributed by atoms with Crippen molar-refractivity contribution in [3.05, 3.63) is 81.0 Å². The van der Waals surface area contributed by atoms with Crippen molar-refractivity contribution in [2.75, 3.05) is 80.6 Å². The van der Waals surface area contributed by atoms with Gasteiger partial charge in [-0.3, -0.25) is 9.89 Å². The minimum Gasteiger partial charge on any atom is -0.493 e. The normalized spacial score (nSPS) is 11.7. The van der Waals surface area contributed by atoms with E-state index in [0.717, 1.165) is 54.4 Å². The second-order valence-corrected chi connectivity index (χ2v) is 19.8. The third-order valence-electron chi connectivity index (χ3n) is 10.4. The van der Waals surface area contributed by atoms with Crippen molar-refractivity contribution in [2.24, 2.45) is 0 Å². The third kappa shape index (κ3) is 10.3. The van der Waals surface area contributed by atoms with E-state index in [-0.39, 0.29) is 10.8 Å². The van der Waals surface area contributed by atoms with Gasteiger partial charge in [0.15, 0.2) is 52.2 Å². The monoisotopic (exact) mass is 952 g/mol. The Kier molecular flexibility index (Phi) is 15.0. The van der Waals surface area contributed by atoms with E-state index in [9.17, 15) is 4.79 Å². The number of benzene rings is 2. The van der Waals surface area contributed by atoms with E-state index in [4.69, 9.17) is 33.5 Å². The number of nitrogens with one attached hydrogen (secondary N) is 1. The number of methoxy groups -OCH3 is 6. The number of carbonyl (C=O) groups excluding carboxylic acids is 1. The Bertz CT molecular complexity index is 3020. The number of rotatable bonds is 12. The number of aromatic nitrogens is 8. The Hall–Kier alpha value is -6.86. The number of thiophene rings is 2. The zero-order valence-electron chi connectivity index (χ0n) is 41.1. The zero-order valence-corrected chi connectivity index (χ0v) is 42.7. The fraction of sp³-hybridized carbons (Fsp3) is 0.375. The van der Waals surface area contributed by atoms with Crippen molar-refractivity contribution in [3.8, 4) is 57.3 Å². The number of nitrogens with zero attached hydrogens (tertiary/aromatic N) is 9. The molecule has 0 radical (unpaired) electrons. The molecule has 0 spiro atoms. The highest BCUT2D eigenvalue weighted by Gasteiger charge is 2.28. The van der Waals surface area contributed by atoms with Gasteiger partial charge in [-0.05, 0) is 54.6 Å². The minimum absolute atomic E-state index is 0.0142. The molecule has 0 aliphatic rings. The topological polar surface area (TPSA) is 168 Å². The van der Waals surface area contributed by atoms with E-state index in [1.807, 2.05) is 80.1 Å². The average molecular weight is 953 g/mol. The summed E-state index contributed by atoms with van der Waals surface area (Å²) in [5.41, 5.74) is 4.77. The first-order chi connectivity index (χ1) is 31.8. The first-order valence-corrected chi connectivity index (χ1v) is 22.8. The fourth-order valence-electron chi connectivity index (χ4n) is 7.00. The molecule has 19 heteroatoms. The molecule has 0 saturated heterocycles. The second-order valence-electron chi connectivity index (χ2n) is 17.6. The summed E-state index contributed by atoms with van der Waals surface area (Å²) in [6.07, 6.45) is 3.02. The highest BCUT2D eigenvalue weighted by molar-refractivity contribution is 7.17. The predicted octanol–water partition coefficient (Wildman–Crippen LogP) is 8.46. The summed E-state index contributed by atoms with van der Waals surface area (Å²) >= 11 is 3.22. The van der Waals surface area contributed by atoms with Gasteiger partial charge in [0.1, 0.15) is 0 Å².